The highest BCUT2D eigenvalue weighted by molar-refractivity contribution is 6.00. The largest absolute Gasteiger partial charge is 0.493 e. The van der Waals surface area contributed by atoms with Crippen LogP contribution in [-0.2, 0) is 22.4 Å². The van der Waals surface area contributed by atoms with Gasteiger partial charge >= 0.3 is 5.97 Å². The van der Waals surface area contributed by atoms with Gasteiger partial charge in [-0.15, -0.1) is 0 Å². The molecule has 2 aromatic carbocycles. The van der Waals surface area contributed by atoms with Crippen LogP contribution in [0.2, 0.25) is 0 Å². The Kier molecular flexibility index (Phi) is 3.26. The molecule has 2 heterocycles. The number of nitrogens with one attached hydrogen (secondary N) is 1. The van der Waals surface area contributed by atoms with Crippen molar-refractivity contribution in [3.63, 3.8) is 0 Å². The highest BCUT2D eigenvalue weighted by Crippen LogP contribution is 2.28. The van der Waals surface area contributed by atoms with E-state index in [0.717, 1.165) is 23.3 Å². The standard InChI is InChI=1S/C18H15NO4/c20-17(19-13-5-6-15-12(9-13)7-8-22-15)16-10-11-3-1-2-4-14(11)18(21)23-16/h1-6,9,16H,7-8,10H2,(H,19,20). The van der Waals surface area contributed by atoms with Gasteiger partial charge in [-0.3, -0.25) is 4.79 Å². The van der Waals surface area contributed by atoms with Gasteiger partial charge in [-0.05, 0) is 35.4 Å². The minimum absolute atomic E-state index is 0.313. The molecule has 23 heavy (non-hydrogen) atoms. The summed E-state index contributed by atoms with van der Waals surface area (Å²) in [6, 6.07) is 12.7. The van der Waals surface area contributed by atoms with Crippen molar-refractivity contribution in [2.24, 2.45) is 0 Å². The minimum Gasteiger partial charge on any atom is -0.493 e. The molecule has 5 heteroatoms. The van der Waals surface area contributed by atoms with E-state index in [-0.39, 0.29) is 5.91 Å². The van der Waals surface area contributed by atoms with Gasteiger partial charge in [-0.2, -0.15) is 0 Å². The van der Waals surface area contributed by atoms with E-state index in [9.17, 15) is 9.59 Å². The van der Waals surface area contributed by atoms with E-state index in [1.54, 1.807) is 18.2 Å². The molecule has 0 bridgehead atoms. The maximum absolute atomic E-state index is 12.4. The van der Waals surface area contributed by atoms with Crippen molar-refractivity contribution < 1.29 is 19.1 Å². The third-order valence-corrected chi connectivity index (χ3v) is 4.14. The Hall–Kier alpha value is -2.82. The lowest BCUT2D eigenvalue weighted by Gasteiger charge is -2.23. The average Bonchev–Trinajstić information content (AvgIpc) is 3.02. The molecule has 2 aliphatic heterocycles. The first-order valence-corrected chi connectivity index (χ1v) is 7.56. The number of hydrogen-bond donors (Lipinski definition) is 1. The first-order valence-electron chi connectivity index (χ1n) is 7.56. The van der Waals surface area contributed by atoms with Crippen LogP contribution in [0.3, 0.4) is 0 Å². The highest BCUT2D eigenvalue weighted by Gasteiger charge is 2.31. The summed E-state index contributed by atoms with van der Waals surface area (Å²) in [7, 11) is 0. The van der Waals surface area contributed by atoms with E-state index in [1.165, 1.54) is 0 Å². The Balaban J connectivity index is 1.51. The van der Waals surface area contributed by atoms with E-state index < -0.39 is 12.1 Å². The number of ether oxygens (including phenoxy) is 2. The van der Waals surface area contributed by atoms with Gasteiger partial charge in [-0.1, -0.05) is 18.2 Å². The molecule has 1 atom stereocenters. The van der Waals surface area contributed by atoms with E-state index in [4.69, 9.17) is 9.47 Å². The molecule has 1 unspecified atom stereocenters. The molecule has 2 aromatic rings. The van der Waals surface area contributed by atoms with Crippen molar-refractivity contribution in [1.29, 1.82) is 0 Å². The van der Waals surface area contributed by atoms with Crippen LogP contribution >= 0.6 is 0 Å². The van der Waals surface area contributed by atoms with Crippen molar-refractivity contribution in [2.75, 3.05) is 11.9 Å². The van der Waals surface area contributed by atoms with Gasteiger partial charge in [0.15, 0.2) is 6.10 Å². The fraction of sp³-hybridized carbons (Fsp3) is 0.222. The smallest absolute Gasteiger partial charge is 0.339 e. The summed E-state index contributed by atoms with van der Waals surface area (Å²) in [5, 5.41) is 2.82. The van der Waals surface area contributed by atoms with Crippen LogP contribution in [-0.4, -0.2) is 24.6 Å². The van der Waals surface area contributed by atoms with Crippen LogP contribution in [0.5, 0.6) is 5.75 Å². The van der Waals surface area contributed by atoms with Crippen molar-refractivity contribution in [1.82, 2.24) is 0 Å². The molecule has 0 fully saturated rings. The second kappa shape index (κ2) is 5.43. The number of cyclic esters (lactones) is 1. The van der Waals surface area contributed by atoms with E-state index in [0.29, 0.717) is 24.3 Å². The van der Waals surface area contributed by atoms with Crippen molar-refractivity contribution in [3.8, 4) is 5.75 Å². The molecule has 0 aromatic heterocycles. The number of anilines is 1. The zero-order valence-corrected chi connectivity index (χ0v) is 12.4. The summed E-state index contributed by atoms with van der Waals surface area (Å²) < 4.78 is 10.7. The summed E-state index contributed by atoms with van der Waals surface area (Å²) in [6.45, 7) is 0.670. The molecule has 0 spiro atoms. The molecule has 0 radical (unpaired) electrons. The number of rotatable bonds is 2. The molecule has 0 aliphatic carbocycles. The van der Waals surface area contributed by atoms with E-state index >= 15 is 0 Å². The lowest BCUT2D eigenvalue weighted by atomic mass is 9.98. The molecular weight excluding hydrogens is 294 g/mol. The first-order chi connectivity index (χ1) is 11.2. The Morgan fingerprint density at radius 2 is 2.00 bits per heavy atom. The van der Waals surface area contributed by atoms with Crippen LogP contribution in [0, 0.1) is 0 Å². The van der Waals surface area contributed by atoms with Gasteiger partial charge in [0, 0.05) is 18.5 Å². The predicted molar refractivity (Wildman–Crippen MR) is 83.6 cm³/mol. The van der Waals surface area contributed by atoms with Gasteiger partial charge in [0.1, 0.15) is 5.75 Å². The number of esters is 1. The summed E-state index contributed by atoms with van der Waals surface area (Å²) in [5.74, 6) is 0.0992. The Bertz CT molecular complexity index is 799. The topological polar surface area (TPSA) is 64.6 Å². The lowest BCUT2D eigenvalue weighted by Crippen LogP contribution is -2.37. The molecule has 5 nitrogen and oxygen atoms in total. The Morgan fingerprint density at radius 3 is 2.91 bits per heavy atom. The molecule has 116 valence electrons. The third-order valence-electron chi connectivity index (χ3n) is 4.14. The summed E-state index contributed by atoms with van der Waals surface area (Å²) in [5.41, 5.74) is 3.14. The summed E-state index contributed by atoms with van der Waals surface area (Å²) in [4.78, 5) is 24.4. The zero-order chi connectivity index (χ0) is 15.8. The normalized spacial score (nSPS) is 18.4. The van der Waals surface area contributed by atoms with Gasteiger partial charge in [0.05, 0.1) is 12.2 Å². The van der Waals surface area contributed by atoms with E-state index in [2.05, 4.69) is 5.32 Å². The van der Waals surface area contributed by atoms with Crippen molar-refractivity contribution >= 4 is 17.6 Å². The molecule has 4 rings (SSSR count). The fourth-order valence-corrected chi connectivity index (χ4v) is 2.96. The fourth-order valence-electron chi connectivity index (χ4n) is 2.96. The van der Waals surface area contributed by atoms with Crippen LogP contribution < -0.4 is 10.1 Å². The maximum Gasteiger partial charge on any atom is 0.339 e. The van der Waals surface area contributed by atoms with E-state index in [1.807, 2.05) is 24.3 Å². The quantitative estimate of drug-likeness (QED) is 0.865. The van der Waals surface area contributed by atoms with Gasteiger partial charge in [0.2, 0.25) is 0 Å². The maximum atomic E-state index is 12.4. The lowest BCUT2D eigenvalue weighted by molar-refractivity contribution is -0.125. The Labute approximate surface area is 133 Å². The number of carbonyl (C=O) groups excluding carboxylic acids is 2. The molecule has 0 saturated heterocycles. The van der Waals surface area contributed by atoms with Crippen molar-refractivity contribution in [3.05, 3.63) is 59.2 Å². The zero-order valence-electron chi connectivity index (χ0n) is 12.4. The highest BCUT2D eigenvalue weighted by atomic mass is 16.5. The number of carbonyl (C=O) groups is 2. The summed E-state index contributed by atoms with van der Waals surface area (Å²) >= 11 is 0. The minimum atomic E-state index is -0.804. The SMILES string of the molecule is O=C1OC(C(=O)Nc2ccc3c(c2)CCO3)Cc2ccccc21. The first kappa shape index (κ1) is 13.8. The van der Waals surface area contributed by atoms with Gasteiger partial charge in [-0.25, -0.2) is 4.79 Å². The van der Waals surface area contributed by atoms with Crippen LogP contribution in [0.15, 0.2) is 42.5 Å². The number of hydrogen-bond acceptors (Lipinski definition) is 4. The second-order valence-corrected chi connectivity index (χ2v) is 5.67. The molecular formula is C18H15NO4. The molecule has 1 N–H and O–H groups in total. The van der Waals surface area contributed by atoms with Crippen LogP contribution in [0.4, 0.5) is 5.69 Å². The van der Waals surface area contributed by atoms with Crippen LogP contribution in [0.25, 0.3) is 0 Å². The number of amides is 1. The third kappa shape index (κ3) is 2.54. The number of fused-ring (bicyclic) bond motifs is 2. The second-order valence-electron chi connectivity index (χ2n) is 5.67. The summed E-state index contributed by atoms with van der Waals surface area (Å²) in [6.07, 6.45) is 0.425. The average molecular weight is 309 g/mol. The van der Waals surface area contributed by atoms with Crippen LogP contribution in [0.1, 0.15) is 21.5 Å². The van der Waals surface area contributed by atoms with Crippen molar-refractivity contribution in [2.45, 2.75) is 18.9 Å². The molecule has 1 amide bonds. The molecule has 0 saturated carbocycles. The monoisotopic (exact) mass is 309 g/mol. The predicted octanol–water partition coefficient (Wildman–Crippen LogP) is 2.34. The van der Waals surface area contributed by atoms with Gasteiger partial charge in [0.25, 0.3) is 5.91 Å². The number of benzene rings is 2. The Morgan fingerprint density at radius 1 is 1.13 bits per heavy atom. The van der Waals surface area contributed by atoms with Gasteiger partial charge < -0.3 is 14.8 Å². The molecule has 2 aliphatic rings.